The predicted octanol–water partition coefficient (Wildman–Crippen LogP) is -0.426. The van der Waals surface area contributed by atoms with Crippen molar-refractivity contribution >= 4 is 0 Å². The summed E-state index contributed by atoms with van der Waals surface area (Å²) in [6, 6.07) is 1.36. The lowest BCUT2D eigenvalue weighted by Crippen LogP contribution is -2.52. The number of piperazine rings is 2. The SMILES string of the molecule is C[C@H]1CN(CC[C@@H]2CN(C)CCN2)CCN1. The molecule has 2 atom stereocenters. The highest BCUT2D eigenvalue weighted by molar-refractivity contribution is 4.80. The summed E-state index contributed by atoms with van der Waals surface area (Å²) in [5.74, 6) is 0. The molecule has 0 bridgehead atoms. The Bertz CT molecular complexity index is 187. The third-order valence-corrected chi connectivity index (χ3v) is 3.71. The van der Waals surface area contributed by atoms with Crippen LogP contribution in [-0.4, -0.2) is 74.7 Å². The van der Waals surface area contributed by atoms with Crippen molar-refractivity contribution in [3.8, 4) is 0 Å². The van der Waals surface area contributed by atoms with Gasteiger partial charge in [-0.25, -0.2) is 0 Å². The van der Waals surface area contributed by atoms with Crippen LogP contribution >= 0.6 is 0 Å². The molecule has 0 aromatic carbocycles. The maximum atomic E-state index is 3.62. The Morgan fingerprint density at radius 3 is 2.69 bits per heavy atom. The molecular formula is C12H26N4. The molecule has 0 aromatic rings. The highest BCUT2D eigenvalue weighted by atomic mass is 15.2. The lowest BCUT2D eigenvalue weighted by Gasteiger charge is -2.35. The van der Waals surface area contributed by atoms with Crippen molar-refractivity contribution in [2.75, 3.05) is 52.9 Å². The van der Waals surface area contributed by atoms with Crippen LogP contribution in [0.1, 0.15) is 13.3 Å². The first-order valence-electron chi connectivity index (χ1n) is 6.61. The summed E-state index contributed by atoms with van der Waals surface area (Å²) >= 11 is 0. The molecule has 0 amide bonds. The molecule has 0 aliphatic carbocycles. The molecule has 0 unspecified atom stereocenters. The van der Waals surface area contributed by atoms with Crippen LogP contribution in [0.4, 0.5) is 0 Å². The summed E-state index contributed by atoms with van der Waals surface area (Å²) in [7, 11) is 2.22. The molecule has 4 nitrogen and oxygen atoms in total. The van der Waals surface area contributed by atoms with Crippen LogP contribution in [0.25, 0.3) is 0 Å². The molecule has 2 heterocycles. The quantitative estimate of drug-likeness (QED) is 0.684. The summed E-state index contributed by atoms with van der Waals surface area (Å²) in [4.78, 5) is 5.03. The van der Waals surface area contributed by atoms with Gasteiger partial charge in [0.15, 0.2) is 0 Å². The molecule has 2 N–H and O–H groups in total. The molecule has 4 heteroatoms. The topological polar surface area (TPSA) is 30.5 Å². The first-order valence-corrected chi connectivity index (χ1v) is 6.61. The fourth-order valence-electron chi connectivity index (χ4n) is 2.74. The zero-order valence-electron chi connectivity index (χ0n) is 10.7. The minimum absolute atomic E-state index is 0.663. The minimum Gasteiger partial charge on any atom is -0.312 e. The van der Waals surface area contributed by atoms with E-state index < -0.39 is 0 Å². The van der Waals surface area contributed by atoms with Crippen molar-refractivity contribution in [3.05, 3.63) is 0 Å². The number of rotatable bonds is 3. The van der Waals surface area contributed by atoms with E-state index in [-0.39, 0.29) is 0 Å². The van der Waals surface area contributed by atoms with Gasteiger partial charge in [-0.1, -0.05) is 0 Å². The van der Waals surface area contributed by atoms with Gasteiger partial charge in [0.25, 0.3) is 0 Å². The highest BCUT2D eigenvalue weighted by Gasteiger charge is 2.19. The maximum absolute atomic E-state index is 3.62. The second-order valence-electron chi connectivity index (χ2n) is 5.36. The smallest absolute Gasteiger partial charge is 0.0207 e. The van der Waals surface area contributed by atoms with Crippen LogP contribution in [0.3, 0.4) is 0 Å². The molecule has 94 valence electrons. The van der Waals surface area contributed by atoms with Crippen molar-refractivity contribution in [2.45, 2.75) is 25.4 Å². The van der Waals surface area contributed by atoms with Gasteiger partial charge >= 0.3 is 0 Å². The molecule has 16 heavy (non-hydrogen) atoms. The lowest BCUT2D eigenvalue weighted by molar-refractivity contribution is 0.176. The number of nitrogens with one attached hydrogen (secondary N) is 2. The molecule has 2 aliphatic rings. The number of nitrogens with zero attached hydrogens (tertiary/aromatic N) is 2. The van der Waals surface area contributed by atoms with E-state index in [1.807, 2.05) is 0 Å². The first-order chi connectivity index (χ1) is 7.74. The highest BCUT2D eigenvalue weighted by Crippen LogP contribution is 2.05. The van der Waals surface area contributed by atoms with Crippen molar-refractivity contribution in [1.82, 2.24) is 20.4 Å². The van der Waals surface area contributed by atoms with Crippen molar-refractivity contribution in [2.24, 2.45) is 0 Å². The van der Waals surface area contributed by atoms with Gasteiger partial charge in [-0.2, -0.15) is 0 Å². The monoisotopic (exact) mass is 226 g/mol. The normalized spacial score (nSPS) is 34.1. The Hall–Kier alpha value is -0.160. The molecule has 0 spiro atoms. The van der Waals surface area contributed by atoms with Crippen LogP contribution in [0, 0.1) is 0 Å². The predicted molar refractivity (Wildman–Crippen MR) is 67.8 cm³/mol. The van der Waals surface area contributed by atoms with Crippen LogP contribution in [0.5, 0.6) is 0 Å². The zero-order chi connectivity index (χ0) is 11.4. The molecule has 2 saturated heterocycles. The van der Waals surface area contributed by atoms with Crippen molar-refractivity contribution in [1.29, 1.82) is 0 Å². The van der Waals surface area contributed by atoms with E-state index in [2.05, 4.69) is 34.4 Å². The second kappa shape index (κ2) is 5.96. The summed E-state index contributed by atoms with van der Waals surface area (Å²) in [6.45, 7) is 10.7. The second-order valence-corrected chi connectivity index (χ2v) is 5.36. The number of hydrogen-bond donors (Lipinski definition) is 2. The Balaban J connectivity index is 1.66. The van der Waals surface area contributed by atoms with E-state index in [1.165, 1.54) is 39.1 Å². The first kappa shape index (κ1) is 12.3. The van der Waals surface area contributed by atoms with E-state index in [0.717, 1.165) is 13.1 Å². The Labute approximate surface area is 99.4 Å². The lowest BCUT2D eigenvalue weighted by atomic mass is 10.1. The van der Waals surface area contributed by atoms with Gasteiger partial charge in [0.2, 0.25) is 0 Å². The van der Waals surface area contributed by atoms with E-state index in [0.29, 0.717) is 12.1 Å². The molecule has 0 saturated carbocycles. The molecule has 0 aromatic heterocycles. The molecule has 0 radical (unpaired) electrons. The van der Waals surface area contributed by atoms with Gasteiger partial charge in [-0.15, -0.1) is 0 Å². The van der Waals surface area contributed by atoms with Crippen molar-refractivity contribution < 1.29 is 0 Å². The summed E-state index contributed by atoms with van der Waals surface area (Å²) in [5.41, 5.74) is 0. The summed E-state index contributed by atoms with van der Waals surface area (Å²) in [6.07, 6.45) is 1.29. The molecular weight excluding hydrogens is 200 g/mol. The Morgan fingerprint density at radius 1 is 1.12 bits per heavy atom. The standard InChI is InChI=1S/C12H26N4/c1-11-9-16(8-5-13-11)6-3-12-10-15(2)7-4-14-12/h11-14H,3-10H2,1-2H3/t11-,12+/m0/s1. The van der Waals surface area contributed by atoms with E-state index >= 15 is 0 Å². The van der Waals surface area contributed by atoms with E-state index in [9.17, 15) is 0 Å². The average Bonchev–Trinajstić information content (AvgIpc) is 2.27. The van der Waals surface area contributed by atoms with Gasteiger partial charge in [-0.3, -0.25) is 0 Å². The summed E-state index contributed by atoms with van der Waals surface area (Å²) in [5, 5.41) is 7.11. The van der Waals surface area contributed by atoms with Gasteiger partial charge in [0.05, 0.1) is 0 Å². The van der Waals surface area contributed by atoms with Gasteiger partial charge in [0.1, 0.15) is 0 Å². The fourth-order valence-corrected chi connectivity index (χ4v) is 2.74. The van der Waals surface area contributed by atoms with E-state index in [4.69, 9.17) is 0 Å². The molecule has 2 rings (SSSR count). The maximum Gasteiger partial charge on any atom is 0.0207 e. The largest absolute Gasteiger partial charge is 0.312 e. The molecule has 2 aliphatic heterocycles. The average molecular weight is 226 g/mol. The summed E-state index contributed by atoms with van der Waals surface area (Å²) < 4.78 is 0. The van der Waals surface area contributed by atoms with Gasteiger partial charge < -0.3 is 20.4 Å². The molecule has 2 fully saturated rings. The zero-order valence-corrected chi connectivity index (χ0v) is 10.7. The third kappa shape index (κ3) is 3.70. The third-order valence-electron chi connectivity index (χ3n) is 3.71. The van der Waals surface area contributed by atoms with Crippen LogP contribution in [0.15, 0.2) is 0 Å². The van der Waals surface area contributed by atoms with E-state index in [1.54, 1.807) is 0 Å². The number of likely N-dealkylation sites (N-methyl/N-ethyl adjacent to an activating group) is 1. The fraction of sp³-hybridized carbons (Fsp3) is 1.00. The Morgan fingerprint density at radius 2 is 1.94 bits per heavy atom. The number of hydrogen-bond acceptors (Lipinski definition) is 4. The minimum atomic E-state index is 0.663. The van der Waals surface area contributed by atoms with Gasteiger partial charge in [0, 0.05) is 51.4 Å². The van der Waals surface area contributed by atoms with Crippen molar-refractivity contribution in [3.63, 3.8) is 0 Å². The van der Waals surface area contributed by atoms with Crippen LogP contribution in [0.2, 0.25) is 0 Å². The van der Waals surface area contributed by atoms with Crippen LogP contribution < -0.4 is 10.6 Å². The van der Waals surface area contributed by atoms with Gasteiger partial charge in [-0.05, 0) is 26.9 Å². The van der Waals surface area contributed by atoms with Crippen LogP contribution in [-0.2, 0) is 0 Å². The Kier molecular flexibility index (Phi) is 4.58.